The van der Waals surface area contributed by atoms with Crippen molar-refractivity contribution in [3.05, 3.63) is 94.8 Å². The van der Waals surface area contributed by atoms with Crippen LogP contribution in [0, 0.1) is 25.5 Å². The number of nitrogens with one attached hydrogen (secondary N) is 2. The quantitative estimate of drug-likeness (QED) is 0.210. The number of halogens is 2. The Balaban J connectivity index is 1.24. The van der Waals surface area contributed by atoms with Crippen LogP contribution in [-0.2, 0) is 14.9 Å². The van der Waals surface area contributed by atoms with Crippen molar-refractivity contribution in [2.45, 2.75) is 13.8 Å². The second-order valence-corrected chi connectivity index (χ2v) is 12.0. The van der Waals surface area contributed by atoms with Crippen molar-refractivity contribution in [2.75, 3.05) is 36.8 Å². The molecule has 1 aliphatic rings. The minimum Gasteiger partial charge on any atom is -0.454 e. The Bertz CT molecular complexity index is 2020. The summed E-state index contributed by atoms with van der Waals surface area (Å²) >= 11 is 0. The highest BCUT2D eigenvalue weighted by molar-refractivity contribution is 7.90. The first-order valence-electron chi connectivity index (χ1n) is 13.6. The van der Waals surface area contributed by atoms with Crippen LogP contribution in [0.5, 0.6) is 11.5 Å². The Kier molecular flexibility index (Phi) is 7.57. The molecule has 44 heavy (non-hydrogen) atoms. The summed E-state index contributed by atoms with van der Waals surface area (Å²) in [5.41, 5.74) is 9.62. The van der Waals surface area contributed by atoms with E-state index < -0.39 is 27.6 Å². The highest BCUT2D eigenvalue weighted by Crippen LogP contribution is 2.31. The molecule has 0 saturated carbocycles. The largest absolute Gasteiger partial charge is 0.454 e. The predicted octanol–water partition coefficient (Wildman–Crippen LogP) is 4.84. The summed E-state index contributed by atoms with van der Waals surface area (Å²) in [5, 5.41) is 5.03. The molecule has 5 aromatic rings. The van der Waals surface area contributed by atoms with E-state index in [0.29, 0.717) is 46.6 Å². The number of aromatic nitrogens is 3. The minimum absolute atomic E-state index is 0.0942. The number of rotatable bonds is 8. The molecule has 0 atom stereocenters. The Morgan fingerprint density at radius 2 is 1.84 bits per heavy atom. The Morgan fingerprint density at radius 1 is 1.07 bits per heavy atom. The van der Waals surface area contributed by atoms with E-state index in [-0.39, 0.29) is 41.7 Å². The van der Waals surface area contributed by atoms with Crippen LogP contribution in [0.25, 0.3) is 16.6 Å². The second kappa shape index (κ2) is 11.4. The summed E-state index contributed by atoms with van der Waals surface area (Å²) in [6.07, 6.45) is 1.36. The number of anilines is 2. The average molecular weight is 623 g/mol. The van der Waals surface area contributed by atoms with E-state index >= 15 is 0 Å². The fourth-order valence-corrected chi connectivity index (χ4v) is 6.26. The number of hydrogen-bond donors (Lipinski definition) is 3. The number of H-pyrrole nitrogens is 1. The monoisotopic (exact) mass is 622 g/mol. The zero-order chi connectivity index (χ0) is 31.2. The summed E-state index contributed by atoms with van der Waals surface area (Å²) in [6.45, 7) is 4.73. The molecule has 0 bridgehead atoms. The molecule has 0 radical (unpaired) electrons. The van der Waals surface area contributed by atoms with Crippen molar-refractivity contribution in [1.82, 2.24) is 19.1 Å². The number of ketones is 1. The van der Waals surface area contributed by atoms with Gasteiger partial charge in [0.25, 0.3) is 0 Å². The lowest BCUT2D eigenvalue weighted by molar-refractivity contribution is 0.0733. The van der Waals surface area contributed by atoms with Crippen LogP contribution in [0.1, 0.15) is 27.2 Å². The maximum absolute atomic E-state index is 14.0. The summed E-state index contributed by atoms with van der Waals surface area (Å²) in [6, 6.07) is 13.6. The van der Waals surface area contributed by atoms with E-state index in [2.05, 4.69) is 14.8 Å². The molecule has 0 aliphatic carbocycles. The van der Waals surface area contributed by atoms with Crippen molar-refractivity contribution in [2.24, 2.45) is 0 Å². The molecule has 14 heteroatoms. The lowest BCUT2D eigenvalue weighted by atomic mass is 10.1. The highest BCUT2D eigenvalue weighted by atomic mass is 32.2. The molecule has 2 aromatic heterocycles. The van der Waals surface area contributed by atoms with E-state index in [1.54, 1.807) is 50.2 Å². The zero-order valence-corrected chi connectivity index (χ0v) is 24.5. The first-order valence-corrected chi connectivity index (χ1v) is 15.1. The van der Waals surface area contributed by atoms with Crippen LogP contribution in [0.3, 0.4) is 0 Å². The van der Waals surface area contributed by atoms with Gasteiger partial charge in [0.15, 0.2) is 11.6 Å². The first kappa shape index (κ1) is 29.3. The molecule has 6 rings (SSSR count). The molecule has 11 nitrogen and oxygen atoms in total. The van der Waals surface area contributed by atoms with Gasteiger partial charge < -0.3 is 20.2 Å². The molecule has 1 saturated heterocycles. The van der Waals surface area contributed by atoms with Crippen LogP contribution in [-0.4, -0.2) is 59.6 Å². The third-order valence-electron chi connectivity index (χ3n) is 7.35. The minimum atomic E-state index is -3.78. The first-order chi connectivity index (χ1) is 21.0. The zero-order valence-electron chi connectivity index (χ0n) is 23.7. The van der Waals surface area contributed by atoms with Crippen LogP contribution in [0.4, 0.5) is 20.3 Å². The van der Waals surface area contributed by atoms with Gasteiger partial charge >= 0.3 is 10.2 Å². The number of nitrogens with zero attached hydrogens (tertiary/aromatic N) is 3. The summed E-state index contributed by atoms with van der Waals surface area (Å²) in [7, 11) is -3.78. The molecule has 1 aliphatic heterocycles. The molecular formula is C30H28F2N6O5S. The third kappa shape index (κ3) is 5.50. The number of ether oxygens (including phenoxy) is 2. The fourth-order valence-electron chi connectivity index (χ4n) is 5.01. The summed E-state index contributed by atoms with van der Waals surface area (Å²) in [5.74, 6) is -2.40. The van der Waals surface area contributed by atoms with Crippen LogP contribution in [0.2, 0.25) is 0 Å². The molecule has 1 fully saturated rings. The number of aromatic amines is 1. The van der Waals surface area contributed by atoms with Gasteiger partial charge in [-0.25, -0.2) is 9.07 Å². The number of nitrogens with two attached hydrogens (primary N) is 1. The topological polar surface area (TPSA) is 145 Å². The predicted molar refractivity (Wildman–Crippen MR) is 161 cm³/mol. The van der Waals surface area contributed by atoms with Crippen LogP contribution < -0.4 is 15.2 Å². The van der Waals surface area contributed by atoms with Crippen molar-refractivity contribution in [3.8, 4) is 17.2 Å². The van der Waals surface area contributed by atoms with Gasteiger partial charge in [0.1, 0.15) is 11.6 Å². The van der Waals surface area contributed by atoms with Crippen molar-refractivity contribution >= 4 is 38.4 Å². The van der Waals surface area contributed by atoms with Crippen LogP contribution in [0.15, 0.2) is 60.8 Å². The number of nitrogen functional groups attached to an aromatic ring is 1. The maximum atomic E-state index is 14.0. The number of aryl methyl sites for hydroxylation is 2. The smallest absolute Gasteiger partial charge is 0.301 e. The Hall–Kier alpha value is -4.79. The lowest BCUT2D eigenvalue weighted by Crippen LogP contribution is -2.43. The molecular weight excluding hydrogens is 594 g/mol. The normalized spacial score (nSPS) is 14.2. The van der Waals surface area contributed by atoms with Gasteiger partial charge in [-0.15, -0.1) is 0 Å². The molecule has 0 amide bonds. The molecule has 3 heterocycles. The molecule has 228 valence electrons. The molecule has 0 unspecified atom stereocenters. The number of morpholine rings is 1. The van der Waals surface area contributed by atoms with E-state index in [9.17, 15) is 22.0 Å². The Labute approximate surface area is 251 Å². The average Bonchev–Trinajstić information content (AvgIpc) is 3.58. The standard InChI is InChI=1S/C30H28F2N6O5S/c1-17-12-19-14-25(35-24(19)15-23(17)36-44(40,41)37-8-10-42-11-9-37)29(39)21-16-34-38(30(21)33)26-7-6-20(13-18(26)2)43-27-5-3-4-22(31)28(27)32/h3-7,12-16,35-36H,8-11,33H2,1-2H3. The van der Waals surface area contributed by atoms with Crippen molar-refractivity contribution in [3.63, 3.8) is 0 Å². The molecule has 3 aromatic carbocycles. The van der Waals surface area contributed by atoms with E-state index in [0.717, 1.165) is 6.07 Å². The van der Waals surface area contributed by atoms with Gasteiger partial charge in [-0.2, -0.15) is 22.2 Å². The maximum Gasteiger partial charge on any atom is 0.301 e. The van der Waals surface area contributed by atoms with Gasteiger partial charge in [-0.05, 0) is 73.5 Å². The van der Waals surface area contributed by atoms with Crippen LogP contribution >= 0.6 is 0 Å². The summed E-state index contributed by atoms with van der Waals surface area (Å²) in [4.78, 5) is 16.6. The number of benzene rings is 3. The van der Waals surface area contributed by atoms with Gasteiger partial charge in [0.2, 0.25) is 11.6 Å². The number of carbonyl (C=O) groups is 1. The third-order valence-corrected chi connectivity index (χ3v) is 8.87. The van der Waals surface area contributed by atoms with Crippen molar-refractivity contribution in [1.29, 1.82) is 0 Å². The van der Waals surface area contributed by atoms with Gasteiger partial charge in [-0.1, -0.05) is 6.07 Å². The fraction of sp³-hybridized carbons (Fsp3) is 0.200. The van der Waals surface area contributed by atoms with E-state index in [1.165, 1.54) is 27.3 Å². The van der Waals surface area contributed by atoms with E-state index in [1.807, 2.05) is 0 Å². The Morgan fingerprint density at radius 3 is 2.59 bits per heavy atom. The lowest BCUT2D eigenvalue weighted by Gasteiger charge is -2.26. The van der Waals surface area contributed by atoms with E-state index in [4.69, 9.17) is 15.2 Å². The summed E-state index contributed by atoms with van der Waals surface area (Å²) < 4.78 is 69.5. The van der Waals surface area contributed by atoms with Gasteiger partial charge in [0, 0.05) is 24.0 Å². The molecule has 0 spiro atoms. The SMILES string of the molecule is Cc1cc2cc(C(=O)c3cnn(-c4ccc(Oc5cccc(F)c5F)cc4C)c3N)[nH]c2cc1NS(=O)(=O)N1CCOCC1. The number of carbonyl (C=O) groups excluding carboxylic acids is 1. The number of fused-ring (bicyclic) bond motifs is 1. The van der Waals surface area contributed by atoms with Gasteiger partial charge in [0.05, 0.1) is 42.0 Å². The van der Waals surface area contributed by atoms with Gasteiger partial charge in [-0.3, -0.25) is 9.52 Å². The second-order valence-electron chi connectivity index (χ2n) is 10.3. The number of hydrogen-bond acceptors (Lipinski definition) is 7. The molecule has 4 N–H and O–H groups in total. The van der Waals surface area contributed by atoms with Crippen molar-refractivity contribution < 1.29 is 31.5 Å². The highest BCUT2D eigenvalue weighted by Gasteiger charge is 2.26.